The van der Waals surface area contributed by atoms with Crippen molar-refractivity contribution in [2.75, 3.05) is 0 Å². The van der Waals surface area contributed by atoms with Crippen LogP contribution in [0, 0.1) is 0 Å². The second kappa shape index (κ2) is 7.63. The summed E-state index contributed by atoms with van der Waals surface area (Å²) in [4.78, 5) is 1.02. The molecule has 0 saturated heterocycles. The highest BCUT2D eigenvalue weighted by Gasteiger charge is 2.21. The predicted molar refractivity (Wildman–Crippen MR) is 113 cm³/mol. The zero-order valence-electron chi connectivity index (χ0n) is 14.4. The molecule has 0 saturated carbocycles. The molecule has 4 aromatic rings. The van der Waals surface area contributed by atoms with E-state index in [2.05, 4.69) is 103 Å². The summed E-state index contributed by atoms with van der Waals surface area (Å²) in [6.45, 7) is 0. The van der Waals surface area contributed by atoms with Gasteiger partial charge in [0, 0.05) is 10.8 Å². The fourth-order valence-corrected chi connectivity index (χ4v) is 3.82. The highest BCUT2D eigenvalue weighted by Crippen LogP contribution is 2.39. The molecule has 0 fully saturated rings. The van der Waals surface area contributed by atoms with E-state index in [4.69, 9.17) is 12.6 Å². The van der Waals surface area contributed by atoms with Crippen LogP contribution in [0.1, 0.15) is 22.6 Å². The van der Waals surface area contributed by atoms with E-state index in [1.54, 1.807) is 0 Å². The van der Waals surface area contributed by atoms with Gasteiger partial charge in [-0.1, -0.05) is 103 Å². The van der Waals surface area contributed by atoms with Crippen LogP contribution in [0.15, 0.2) is 114 Å². The Kier molecular flexibility index (Phi) is 4.90. The molecule has 126 valence electrons. The molecule has 0 nitrogen and oxygen atoms in total. The fraction of sp³-hybridized carbons (Fsp3) is 0.0400. The van der Waals surface area contributed by atoms with Gasteiger partial charge in [-0.25, -0.2) is 0 Å². The molecule has 0 aromatic heterocycles. The van der Waals surface area contributed by atoms with Gasteiger partial charge in [0.25, 0.3) is 0 Å². The van der Waals surface area contributed by atoms with Gasteiger partial charge >= 0.3 is 0 Å². The summed E-state index contributed by atoms with van der Waals surface area (Å²) < 4.78 is 0. The van der Waals surface area contributed by atoms with Crippen LogP contribution in [-0.4, -0.2) is 0 Å². The molecule has 1 heteroatoms. The molecule has 0 N–H and O–H groups in total. The van der Waals surface area contributed by atoms with Crippen molar-refractivity contribution in [3.05, 3.63) is 126 Å². The van der Waals surface area contributed by atoms with Gasteiger partial charge in [0.2, 0.25) is 0 Å². The first-order valence-electron chi connectivity index (χ1n) is 8.82. The van der Waals surface area contributed by atoms with E-state index in [1.807, 2.05) is 6.07 Å². The summed E-state index contributed by atoms with van der Waals surface area (Å²) in [5, 5.41) is 0. The maximum Gasteiger partial charge on any atom is 0.0357 e. The molecule has 0 aliphatic heterocycles. The molecule has 0 bridgehead atoms. The first kappa shape index (κ1) is 16.7. The van der Waals surface area contributed by atoms with E-state index >= 15 is 0 Å². The van der Waals surface area contributed by atoms with Crippen LogP contribution in [-0.2, 0) is 0 Å². The van der Waals surface area contributed by atoms with E-state index in [0.29, 0.717) is 0 Å². The first-order valence-corrected chi connectivity index (χ1v) is 9.26. The standard InChI is InChI=1S/C25H20S/c26-24-18-10-9-17-23(24)25(20-13-5-2-6-14-20)22-16-8-7-15-21(22)19-11-3-1-4-12-19/h1-18,25-26H. The average molecular weight is 353 g/mol. The van der Waals surface area contributed by atoms with Gasteiger partial charge in [0.15, 0.2) is 0 Å². The van der Waals surface area contributed by atoms with Crippen LogP contribution in [0.5, 0.6) is 0 Å². The molecule has 4 aromatic carbocycles. The van der Waals surface area contributed by atoms with E-state index in [9.17, 15) is 0 Å². The Hall–Kier alpha value is -2.77. The van der Waals surface area contributed by atoms with Crippen molar-refractivity contribution in [2.24, 2.45) is 0 Å². The van der Waals surface area contributed by atoms with E-state index in [1.165, 1.54) is 27.8 Å². The lowest BCUT2D eigenvalue weighted by Crippen LogP contribution is -2.06. The Morgan fingerprint density at radius 3 is 1.73 bits per heavy atom. The molecule has 0 aliphatic carbocycles. The van der Waals surface area contributed by atoms with Crippen molar-refractivity contribution in [1.82, 2.24) is 0 Å². The highest BCUT2D eigenvalue weighted by molar-refractivity contribution is 7.80. The molecule has 1 unspecified atom stereocenters. The summed E-state index contributed by atoms with van der Waals surface area (Å²) >= 11 is 4.76. The summed E-state index contributed by atoms with van der Waals surface area (Å²) in [5.41, 5.74) is 6.30. The predicted octanol–water partition coefficient (Wildman–Crippen LogP) is 6.82. The van der Waals surface area contributed by atoms with Crippen LogP contribution in [0.3, 0.4) is 0 Å². The van der Waals surface area contributed by atoms with E-state index in [0.717, 1.165) is 4.90 Å². The minimum atomic E-state index is 0.140. The topological polar surface area (TPSA) is 0 Å². The van der Waals surface area contributed by atoms with Crippen LogP contribution in [0.2, 0.25) is 0 Å². The molecule has 0 aliphatic rings. The largest absolute Gasteiger partial charge is 0.143 e. The van der Waals surface area contributed by atoms with Crippen LogP contribution < -0.4 is 0 Å². The highest BCUT2D eigenvalue weighted by atomic mass is 32.1. The van der Waals surface area contributed by atoms with Gasteiger partial charge in [-0.2, -0.15) is 0 Å². The minimum absolute atomic E-state index is 0.140. The van der Waals surface area contributed by atoms with Gasteiger partial charge in [-0.15, -0.1) is 12.6 Å². The molecule has 1 atom stereocenters. The third-order valence-corrected chi connectivity index (χ3v) is 5.14. The van der Waals surface area contributed by atoms with Crippen molar-refractivity contribution in [2.45, 2.75) is 10.8 Å². The molecule has 0 radical (unpaired) electrons. The van der Waals surface area contributed by atoms with Gasteiger partial charge in [0.05, 0.1) is 0 Å². The Bertz CT molecular complexity index is 991. The molecule has 0 heterocycles. The third kappa shape index (κ3) is 3.31. The molecule has 26 heavy (non-hydrogen) atoms. The van der Waals surface area contributed by atoms with Crippen molar-refractivity contribution in [3.63, 3.8) is 0 Å². The third-order valence-electron chi connectivity index (χ3n) is 4.74. The number of thiol groups is 1. The molecule has 0 spiro atoms. The Morgan fingerprint density at radius 2 is 1.04 bits per heavy atom. The number of hydrogen-bond acceptors (Lipinski definition) is 1. The van der Waals surface area contributed by atoms with Gasteiger partial charge in [-0.05, 0) is 33.9 Å². The first-order chi connectivity index (χ1) is 12.8. The zero-order valence-corrected chi connectivity index (χ0v) is 15.3. The number of hydrogen-bond donors (Lipinski definition) is 1. The molecular formula is C25H20S. The summed E-state index contributed by atoms with van der Waals surface area (Å²) in [6, 6.07) is 38.3. The van der Waals surface area contributed by atoms with Crippen LogP contribution in [0.4, 0.5) is 0 Å². The summed E-state index contributed by atoms with van der Waals surface area (Å²) in [5.74, 6) is 0.140. The Morgan fingerprint density at radius 1 is 0.500 bits per heavy atom. The van der Waals surface area contributed by atoms with Crippen molar-refractivity contribution < 1.29 is 0 Å². The van der Waals surface area contributed by atoms with Crippen molar-refractivity contribution in [1.29, 1.82) is 0 Å². The number of benzene rings is 4. The maximum atomic E-state index is 4.76. The van der Waals surface area contributed by atoms with E-state index in [-0.39, 0.29) is 5.92 Å². The Labute approximate surface area is 160 Å². The quantitative estimate of drug-likeness (QED) is 0.302. The normalized spacial score (nSPS) is 11.9. The second-order valence-electron chi connectivity index (χ2n) is 6.36. The molecule has 0 amide bonds. The maximum absolute atomic E-state index is 4.76. The fourth-order valence-electron chi connectivity index (χ4n) is 3.53. The Balaban J connectivity index is 1.96. The van der Waals surface area contributed by atoms with Crippen molar-refractivity contribution in [3.8, 4) is 11.1 Å². The molecule has 4 rings (SSSR count). The second-order valence-corrected chi connectivity index (χ2v) is 6.84. The lowest BCUT2D eigenvalue weighted by atomic mass is 9.81. The van der Waals surface area contributed by atoms with Gasteiger partial charge < -0.3 is 0 Å². The lowest BCUT2D eigenvalue weighted by molar-refractivity contribution is 0.949. The smallest absolute Gasteiger partial charge is 0.0357 e. The van der Waals surface area contributed by atoms with Crippen LogP contribution >= 0.6 is 12.6 Å². The van der Waals surface area contributed by atoms with Crippen molar-refractivity contribution >= 4 is 12.6 Å². The summed E-state index contributed by atoms with van der Waals surface area (Å²) in [6.07, 6.45) is 0. The SMILES string of the molecule is Sc1ccccc1C(c1ccccc1)c1ccccc1-c1ccccc1. The van der Waals surface area contributed by atoms with Gasteiger partial charge in [-0.3, -0.25) is 0 Å². The van der Waals surface area contributed by atoms with Gasteiger partial charge in [0.1, 0.15) is 0 Å². The molecular weight excluding hydrogens is 332 g/mol. The average Bonchev–Trinajstić information content (AvgIpc) is 2.72. The van der Waals surface area contributed by atoms with Crippen LogP contribution in [0.25, 0.3) is 11.1 Å². The monoisotopic (exact) mass is 352 g/mol. The lowest BCUT2D eigenvalue weighted by Gasteiger charge is -2.23. The zero-order chi connectivity index (χ0) is 17.8. The van der Waals surface area contributed by atoms with E-state index < -0.39 is 0 Å². The number of rotatable bonds is 4. The minimum Gasteiger partial charge on any atom is -0.143 e. The summed E-state index contributed by atoms with van der Waals surface area (Å²) in [7, 11) is 0.